The van der Waals surface area contributed by atoms with Crippen LogP contribution in [0.15, 0.2) is 36.4 Å². The normalized spacial score (nSPS) is 22.1. The second-order valence-electron chi connectivity index (χ2n) is 13.9. The Kier molecular flexibility index (Phi) is 11.2. The fraction of sp³-hybridized carbons (Fsp3) is 0.516. The third-order valence-electron chi connectivity index (χ3n) is 8.56. The molecular weight excluding hydrogens is 667 g/mol. The molecule has 1 aliphatic rings. The molecule has 9 N–H and O–H groups in total. The van der Waals surface area contributed by atoms with Crippen LogP contribution in [-0.2, 0) is 36.3 Å². The topological polar surface area (TPSA) is 233 Å². The number of anilines is 1. The summed E-state index contributed by atoms with van der Waals surface area (Å²) in [5.74, 6) is -5.75. The summed E-state index contributed by atoms with van der Waals surface area (Å²) >= 11 is 0. The van der Waals surface area contributed by atoms with Crippen LogP contribution in [0.2, 0.25) is 0 Å². The van der Waals surface area contributed by atoms with Gasteiger partial charge in [0.05, 0.1) is 11.2 Å². The molecule has 268 valence electrons. The molecule has 1 fully saturated rings. The van der Waals surface area contributed by atoms with Crippen LogP contribution in [0.4, 0.5) is 10.1 Å². The summed E-state index contributed by atoms with van der Waals surface area (Å²) in [5.41, 5.74) is -21.9. The molecule has 0 aliphatic carbocycles. The predicted octanol–water partition coefficient (Wildman–Crippen LogP) is -3.42. The first-order valence-corrected chi connectivity index (χ1v) is 15.3. The van der Waals surface area contributed by atoms with Crippen molar-refractivity contribution in [3.63, 3.8) is 0 Å². The van der Waals surface area contributed by atoms with E-state index in [1.807, 2.05) is 5.32 Å². The van der Waals surface area contributed by atoms with Crippen molar-refractivity contribution in [3.8, 4) is 0 Å². The second kappa shape index (κ2) is 13.6. The van der Waals surface area contributed by atoms with Crippen molar-refractivity contribution < 1.29 is 59.3 Å². The number of nitrogens with zero attached hydrogens (tertiary/aromatic N) is 2. The molecule has 1 heterocycles. The number of hydrogen-bond donors (Lipinski definition) is 9. The Balaban J connectivity index is 2.12. The number of likely N-dealkylation sites (N-methyl/N-ethyl adjacent to an activating group) is 1. The summed E-state index contributed by atoms with van der Waals surface area (Å²) in [5, 5.41) is 82.2. The average molecular weight is 706 g/mol. The van der Waals surface area contributed by atoms with Gasteiger partial charge < -0.3 is 55.9 Å². The van der Waals surface area contributed by atoms with Gasteiger partial charge in [0.25, 0.3) is 11.8 Å². The molecule has 8 radical (unpaired) electrons. The van der Waals surface area contributed by atoms with Crippen LogP contribution < -0.4 is 10.6 Å². The molecule has 2 aromatic rings. The van der Waals surface area contributed by atoms with E-state index in [9.17, 15) is 50.1 Å². The number of benzene rings is 2. The average Bonchev–Trinajstić information content (AvgIpc) is 2.98. The largest absolute Gasteiger partial charge is 0.392 e. The summed E-state index contributed by atoms with van der Waals surface area (Å²) in [4.78, 5) is 37.9. The number of aryl methyl sites for hydroxylation is 1. The highest BCUT2D eigenvalue weighted by Gasteiger charge is 2.66. The van der Waals surface area contributed by atoms with Gasteiger partial charge in [-0.05, 0) is 52.3 Å². The van der Waals surface area contributed by atoms with Gasteiger partial charge in [0.1, 0.15) is 50.0 Å². The van der Waals surface area contributed by atoms with Crippen molar-refractivity contribution in [1.29, 1.82) is 0 Å². The van der Waals surface area contributed by atoms with E-state index in [0.717, 1.165) is 31.3 Å². The Hall–Kier alpha value is -3.32. The number of carbonyl (C=O) groups excluding carboxylic acids is 3. The van der Waals surface area contributed by atoms with E-state index >= 15 is 4.39 Å². The number of amides is 2. The number of nitrogens with one attached hydrogen (secondary N) is 2. The molecule has 0 spiro atoms. The Bertz CT molecular complexity index is 1660. The maximum Gasteiger partial charge on any atom is 0.275 e. The number of hydrogen-bond acceptors (Lipinski definition) is 13. The van der Waals surface area contributed by atoms with E-state index in [4.69, 9.17) is 36.1 Å². The van der Waals surface area contributed by atoms with Crippen molar-refractivity contribution in [2.45, 2.75) is 79.7 Å². The molecule has 5 atom stereocenters. The fourth-order valence-corrected chi connectivity index (χ4v) is 6.29. The molecule has 51 heavy (non-hydrogen) atoms. The molecule has 2 amide bonds. The highest BCUT2D eigenvalue weighted by Crippen LogP contribution is 2.42. The molecule has 2 aromatic carbocycles. The van der Waals surface area contributed by atoms with Gasteiger partial charge in [0.2, 0.25) is 12.1 Å². The summed E-state index contributed by atoms with van der Waals surface area (Å²) in [7, 11) is 24.1. The molecule has 1 aliphatic heterocycles. The van der Waals surface area contributed by atoms with Gasteiger partial charge in [-0.15, -0.1) is 0 Å². The van der Waals surface area contributed by atoms with E-state index in [0.29, 0.717) is 0 Å². The Morgan fingerprint density at radius 2 is 1.51 bits per heavy atom. The Morgan fingerprint density at radius 3 is 1.98 bits per heavy atom. The number of ether oxygens (including phenoxy) is 1. The third kappa shape index (κ3) is 7.47. The van der Waals surface area contributed by atoms with Crippen LogP contribution in [0.25, 0.3) is 0 Å². The predicted molar refractivity (Wildman–Crippen MR) is 182 cm³/mol. The first kappa shape index (κ1) is 42.1. The maximum absolute atomic E-state index is 15.8. The standard InChI is InChI=1S/C31H39B4FN4O11/c1-17-8-7-9-21(22(17)29(34,47)40(16-42)27(45,23(43)37-6)31(35,50)26(32,44)15-41)38-28(33,46)19-11-10-18(12-20(19)36)30(48,49)39-13-24(2,3)51-25(4,5)14-39/h7-12,15-16,38,44-50H,13-14H2,1-6H3,(H,37,43). The van der Waals surface area contributed by atoms with Crippen molar-refractivity contribution in [3.05, 3.63) is 64.5 Å². The van der Waals surface area contributed by atoms with Gasteiger partial charge in [0, 0.05) is 42.5 Å². The lowest BCUT2D eigenvalue weighted by Crippen LogP contribution is -2.81. The first-order chi connectivity index (χ1) is 23.0. The zero-order valence-electron chi connectivity index (χ0n) is 28.9. The van der Waals surface area contributed by atoms with Gasteiger partial charge in [-0.2, -0.15) is 0 Å². The summed E-state index contributed by atoms with van der Waals surface area (Å²) in [6.45, 7) is 8.36. The number of carbonyl (C=O) groups is 3. The van der Waals surface area contributed by atoms with E-state index in [2.05, 4.69) is 5.32 Å². The van der Waals surface area contributed by atoms with E-state index in [-0.39, 0.29) is 29.1 Å². The summed E-state index contributed by atoms with van der Waals surface area (Å²) in [6, 6.07) is 6.48. The van der Waals surface area contributed by atoms with E-state index in [1.54, 1.807) is 27.7 Å². The molecule has 15 nitrogen and oxygen atoms in total. The Morgan fingerprint density at radius 1 is 0.961 bits per heavy atom. The molecule has 0 aromatic heterocycles. The van der Waals surface area contributed by atoms with Crippen LogP contribution in [0.3, 0.4) is 0 Å². The van der Waals surface area contributed by atoms with Gasteiger partial charge in [-0.1, -0.05) is 24.3 Å². The molecule has 3 rings (SSSR count). The summed E-state index contributed by atoms with van der Waals surface area (Å²) < 4.78 is 21.7. The molecular formula is C31H39B4FN4O11. The fourth-order valence-electron chi connectivity index (χ4n) is 6.29. The minimum absolute atomic E-state index is 0.0431. The third-order valence-corrected chi connectivity index (χ3v) is 8.56. The minimum atomic E-state index is -4.02. The molecule has 1 saturated heterocycles. The smallest absolute Gasteiger partial charge is 0.275 e. The van der Waals surface area contributed by atoms with Crippen molar-refractivity contribution in [2.24, 2.45) is 0 Å². The lowest BCUT2D eigenvalue weighted by molar-refractivity contribution is -0.321. The molecule has 20 heteroatoms. The first-order valence-electron chi connectivity index (χ1n) is 15.3. The van der Waals surface area contributed by atoms with Gasteiger partial charge in [-0.3, -0.25) is 14.5 Å². The molecule has 0 bridgehead atoms. The molecule has 0 saturated carbocycles. The van der Waals surface area contributed by atoms with Gasteiger partial charge >= 0.3 is 0 Å². The lowest BCUT2D eigenvalue weighted by atomic mass is 9.53. The Labute approximate surface area is 299 Å². The quantitative estimate of drug-likeness (QED) is 0.0562. The van der Waals surface area contributed by atoms with Gasteiger partial charge in [0.15, 0.2) is 15.7 Å². The van der Waals surface area contributed by atoms with Crippen LogP contribution in [0, 0.1) is 12.7 Å². The van der Waals surface area contributed by atoms with Crippen LogP contribution in [0.1, 0.15) is 49.9 Å². The maximum atomic E-state index is 15.8. The van der Waals surface area contributed by atoms with Crippen molar-refractivity contribution in [2.75, 3.05) is 25.5 Å². The number of aliphatic hydroxyl groups is 7. The van der Waals surface area contributed by atoms with E-state index in [1.165, 1.54) is 24.0 Å². The van der Waals surface area contributed by atoms with Crippen LogP contribution in [-0.4, -0.2) is 144 Å². The number of halogens is 1. The highest BCUT2D eigenvalue weighted by molar-refractivity contribution is 6.33. The van der Waals surface area contributed by atoms with Crippen LogP contribution >= 0.6 is 0 Å². The number of rotatable bonds is 13. The monoisotopic (exact) mass is 706 g/mol. The SMILES string of the molecule is [B]C(O)(Nc1cccc(C)c1C([B])(O)N(C=O)C(O)(C(=O)NC)C([B])(O)C([B])(O)C=O)c1ccc(C(O)(O)N2CC(C)(C)OC(C)(C)C2)cc1F. The van der Waals surface area contributed by atoms with Crippen molar-refractivity contribution in [1.82, 2.24) is 15.1 Å². The second-order valence-corrected chi connectivity index (χ2v) is 13.9. The number of aldehydes is 1. The zero-order valence-corrected chi connectivity index (χ0v) is 28.9. The summed E-state index contributed by atoms with van der Waals surface area (Å²) in [6.07, 6.45) is -1.03. The lowest BCUT2D eigenvalue weighted by Gasteiger charge is -2.54. The van der Waals surface area contributed by atoms with Gasteiger partial charge in [-0.25, -0.2) is 9.29 Å². The zero-order chi connectivity index (χ0) is 39.4. The number of morpholine rings is 1. The highest BCUT2D eigenvalue weighted by atomic mass is 19.1. The molecule has 5 unspecified atom stereocenters. The van der Waals surface area contributed by atoms with Crippen molar-refractivity contribution >= 4 is 55.7 Å². The minimum Gasteiger partial charge on any atom is -0.392 e. The van der Waals surface area contributed by atoms with E-state index < -0.39 is 86.3 Å². The van der Waals surface area contributed by atoms with Crippen LogP contribution in [0.5, 0.6) is 0 Å².